The SMILES string of the molecule is COC(=O)[C@@H]1CC[C@@H](n2cnc3c(N)nc(C)nc32)C1.COC(=O)[C@@H]1CC[C@H](C)C1.Cc1nc(N)c2c(n1)N[C+]=N2.Cc1nc(N)c2ncn([C@@H]3CC[C@@H](C(=O)NO)C3)c2n1.NO.[K+].[OH-]. The maximum Gasteiger partial charge on any atom is 1.00 e. The van der Waals surface area contributed by atoms with Crippen LogP contribution in [0.25, 0.3) is 22.3 Å². The molecule has 3 fully saturated rings. The largest absolute Gasteiger partial charge is 1.00 e. The van der Waals surface area contributed by atoms with Gasteiger partial charge < -0.3 is 46.5 Å². The molecule has 3 aliphatic carbocycles. The van der Waals surface area contributed by atoms with E-state index in [-0.39, 0.29) is 105 Å². The first-order valence-corrected chi connectivity index (χ1v) is 20.4. The van der Waals surface area contributed by atoms with Crippen LogP contribution in [-0.4, -0.2) is 103 Å². The minimum atomic E-state index is -0.331. The molecule has 0 spiro atoms. The van der Waals surface area contributed by atoms with E-state index in [9.17, 15) is 14.4 Å². The van der Waals surface area contributed by atoms with E-state index >= 15 is 0 Å². The molecule has 13 N–H and O–H groups in total. The van der Waals surface area contributed by atoms with E-state index in [1.165, 1.54) is 20.6 Å². The van der Waals surface area contributed by atoms with Crippen LogP contribution < -0.4 is 85.3 Å². The van der Waals surface area contributed by atoms with Gasteiger partial charge in [-0.1, -0.05) is 6.92 Å². The Hall–Kier alpha value is -5.15. The van der Waals surface area contributed by atoms with Crippen LogP contribution in [0.4, 0.5) is 29.0 Å². The van der Waals surface area contributed by atoms with Crippen LogP contribution in [0.15, 0.2) is 17.6 Å². The molecule has 5 aromatic rings. The zero-order chi connectivity index (χ0) is 46.0. The quantitative estimate of drug-likeness (QED) is 0.0374. The van der Waals surface area contributed by atoms with Crippen molar-refractivity contribution in [1.82, 2.24) is 54.5 Å². The van der Waals surface area contributed by atoms with Crippen molar-refractivity contribution in [2.24, 2.45) is 34.6 Å². The number of aromatic nitrogens is 10. The van der Waals surface area contributed by atoms with Crippen LogP contribution in [-0.2, 0) is 23.9 Å². The van der Waals surface area contributed by atoms with Crippen LogP contribution in [0.2, 0.25) is 0 Å². The van der Waals surface area contributed by atoms with E-state index in [1.807, 2.05) is 9.13 Å². The van der Waals surface area contributed by atoms with Crippen molar-refractivity contribution in [2.75, 3.05) is 36.7 Å². The van der Waals surface area contributed by atoms with Crippen LogP contribution in [0.5, 0.6) is 0 Å². The Labute approximate surface area is 417 Å². The van der Waals surface area contributed by atoms with Crippen molar-refractivity contribution in [3.05, 3.63) is 30.1 Å². The Balaban J connectivity index is 0.000000234. The maximum absolute atomic E-state index is 11.6. The Morgan fingerprint density at radius 1 is 0.708 bits per heavy atom. The fraction of sp³-hybridized carbons (Fsp3) is 0.538. The smallest absolute Gasteiger partial charge is 0.870 e. The van der Waals surface area contributed by atoms with Gasteiger partial charge in [0.1, 0.15) is 28.5 Å². The Bertz CT molecular complexity index is 2320. The van der Waals surface area contributed by atoms with E-state index < -0.39 is 0 Å². The monoisotopic (exact) mass is 930 g/mol. The second-order valence-electron chi connectivity index (χ2n) is 15.6. The van der Waals surface area contributed by atoms with Gasteiger partial charge in [0, 0.05) is 18.0 Å². The normalized spacial score (nSPS) is 20.8. The van der Waals surface area contributed by atoms with E-state index in [0.717, 1.165) is 50.6 Å². The molecule has 5 aromatic heterocycles. The molecule has 0 bridgehead atoms. The number of hydrogen-bond acceptors (Lipinski definition) is 22. The standard InChI is InChI=1S/C13H17N5O2.C12H16N6O2.C8H14O2.C6H6N5.K.H3NO.H2O/c1-7-16-11(14)10-12(17-7)18(6-15-10)9-4-3-8(5-9)13(19)20-2;1-6-15-10(13)9-11(16-6)18(5-14-9)8-3-2-7(4-8)12(19)17-20;1-6-3-4-7(5-6)8(9)10-2;1-3-10-5(7)4-6(11-3)9-2-8-4;;1-2;/h6,8-9H,3-5H2,1-2H3,(H2,14,16,17);5,7-8,20H,2-4H2,1H3,(H,17,19)(H2,13,15,16);6-7H,3-5H2,1-2H3;1H3,(H3,7,8,9,10,11);;2H,1H2;1H2/q;;;2*+1;;/p-1/t8-,9-;7-,8-;6-,7+;;;;/m110..../s1. The molecule has 6 heterocycles. The number of hydrogen-bond donors (Lipinski definition) is 8. The van der Waals surface area contributed by atoms with E-state index in [0.29, 0.717) is 75.5 Å². The van der Waals surface area contributed by atoms with Gasteiger partial charge in [0.15, 0.2) is 22.9 Å². The number of imidazole rings is 2. The second kappa shape index (κ2) is 24.9. The summed E-state index contributed by atoms with van der Waals surface area (Å²) in [5.41, 5.74) is 22.2. The molecule has 26 heteroatoms. The minimum absolute atomic E-state index is 0. The van der Waals surface area contributed by atoms with Crippen molar-refractivity contribution in [3.8, 4) is 0 Å². The van der Waals surface area contributed by atoms with Crippen LogP contribution in [0.3, 0.4) is 0 Å². The number of amides is 1. The van der Waals surface area contributed by atoms with Crippen LogP contribution >= 0.6 is 0 Å². The van der Waals surface area contributed by atoms with Gasteiger partial charge in [-0.25, -0.2) is 41.3 Å². The van der Waals surface area contributed by atoms with Crippen molar-refractivity contribution >= 4 is 75.5 Å². The molecule has 4 aliphatic rings. The number of ether oxygens (including phenoxy) is 2. The zero-order valence-corrected chi connectivity index (χ0v) is 40.7. The number of methoxy groups -OCH3 is 2. The van der Waals surface area contributed by atoms with E-state index in [2.05, 4.69) is 74.1 Å². The van der Waals surface area contributed by atoms with Crippen molar-refractivity contribution < 1.29 is 91.1 Å². The van der Waals surface area contributed by atoms with Gasteiger partial charge in [0.25, 0.3) is 6.34 Å². The third kappa shape index (κ3) is 13.2. The predicted molar refractivity (Wildman–Crippen MR) is 232 cm³/mol. The molecule has 65 heavy (non-hydrogen) atoms. The average Bonchev–Trinajstić information content (AvgIpc) is 4.12. The first kappa shape index (κ1) is 54.2. The van der Waals surface area contributed by atoms with Gasteiger partial charge in [-0.3, -0.25) is 19.6 Å². The van der Waals surface area contributed by atoms with Gasteiger partial charge in [-0.15, -0.1) is 4.98 Å². The summed E-state index contributed by atoms with van der Waals surface area (Å²) in [6.07, 6.45) is 13.9. The number of aryl methyl sites for hydroxylation is 3. The third-order valence-corrected chi connectivity index (χ3v) is 11.3. The van der Waals surface area contributed by atoms with Crippen molar-refractivity contribution in [3.63, 3.8) is 0 Å². The number of hydroxylamine groups is 1. The summed E-state index contributed by atoms with van der Waals surface area (Å²) < 4.78 is 13.4. The number of nitrogens with two attached hydrogens (primary N) is 4. The second-order valence-corrected chi connectivity index (χ2v) is 15.6. The third-order valence-electron chi connectivity index (χ3n) is 11.3. The summed E-state index contributed by atoms with van der Waals surface area (Å²) in [5.74, 6) is 7.34. The number of carbonyl (C=O) groups is 3. The van der Waals surface area contributed by atoms with Gasteiger partial charge in [-0.05, 0) is 89.5 Å². The number of nitrogens with zero attached hydrogens (tertiary/aromatic N) is 11. The molecule has 25 nitrogen and oxygen atoms in total. The summed E-state index contributed by atoms with van der Waals surface area (Å²) in [6, 6.07) is 0.341. The van der Waals surface area contributed by atoms with E-state index in [4.69, 9.17) is 32.4 Å². The molecule has 1 amide bonds. The summed E-state index contributed by atoms with van der Waals surface area (Å²) in [4.78, 5) is 71.4. The molecule has 6 atom stereocenters. The van der Waals surface area contributed by atoms with E-state index in [1.54, 1.807) is 38.9 Å². The molecule has 0 unspecified atom stereocenters. The number of carbonyl (C=O) groups excluding carboxylic acids is 3. The van der Waals surface area contributed by atoms with Crippen LogP contribution in [0.1, 0.15) is 94.3 Å². The summed E-state index contributed by atoms with van der Waals surface area (Å²) >= 11 is 0. The molecule has 3 saturated carbocycles. The summed E-state index contributed by atoms with van der Waals surface area (Å²) in [5, 5.41) is 17.9. The van der Waals surface area contributed by atoms with Gasteiger partial charge in [0.2, 0.25) is 11.7 Å². The van der Waals surface area contributed by atoms with Gasteiger partial charge in [-0.2, -0.15) is 10.3 Å². The number of nitrogens with one attached hydrogen (secondary N) is 2. The number of aliphatic imine (C=N–C) groups is 1. The fourth-order valence-electron chi connectivity index (χ4n) is 8.28. The average molecular weight is 931 g/mol. The molecule has 9 rings (SSSR count). The molecule has 0 radical (unpaired) electrons. The molecule has 0 aromatic carbocycles. The first-order chi connectivity index (χ1) is 30.2. The molecule has 1 aliphatic heterocycles. The minimum Gasteiger partial charge on any atom is -0.870 e. The zero-order valence-electron chi connectivity index (χ0n) is 37.6. The fourth-order valence-corrected chi connectivity index (χ4v) is 8.28. The maximum atomic E-state index is 11.6. The molecular weight excluding hydrogens is 874 g/mol. The number of rotatable bonds is 5. The van der Waals surface area contributed by atoms with Crippen molar-refractivity contribution in [1.29, 1.82) is 0 Å². The number of fused-ring (bicyclic) bond motifs is 3. The summed E-state index contributed by atoms with van der Waals surface area (Å²) in [6.45, 7) is 7.54. The topological polar surface area (TPSA) is 394 Å². The molecule has 346 valence electrons. The summed E-state index contributed by atoms with van der Waals surface area (Å²) in [7, 11) is 2.89. The number of anilines is 4. The Morgan fingerprint density at radius 3 is 1.63 bits per heavy atom. The molecule has 0 saturated heterocycles. The van der Waals surface area contributed by atoms with Gasteiger partial charge >= 0.3 is 74.8 Å². The predicted octanol–water partition coefficient (Wildman–Crippen LogP) is -0.119. The Kier molecular flexibility index (Phi) is 20.8. The first-order valence-electron chi connectivity index (χ1n) is 20.4. The number of nitrogen functional groups attached to an aromatic ring is 3. The molecular formula is C39H57KN17O8+. The van der Waals surface area contributed by atoms with Gasteiger partial charge in [0.05, 0.1) is 38.7 Å². The Morgan fingerprint density at radius 2 is 1.15 bits per heavy atom. The van der Waals surface area contributed by atoms with Crippen LogP contribution in [0, 0.1) is 44.4 Å². The van der Waals surface area contributed by atoms with Crippen molar-refractivity contribution in [2.45, 2.75) is 97.6 Å². The number of esters is 2.